The summed E-state index contributed by atoms with van der Waals surface area (Å²) in [5, 5.41) is 3.76. The van der Waals surface area contributed by atoms with Crippen molar-refractivity contribution in [1.82, 2.24) is 15.1 Å². The topological polar surface area (TPSA) is 35.6 Å². The van der Waals surface area contributed by atoms with Gasteiger partial charge in [-0.25, -0.2) is 0 Å². The number of piperidine rings is 1. The number of nitrogens with one attached hydrogen (secondary N) is 1. The summed E-state index contributed by atoms with van der Waals surface area (Å²) in [5.41, 5.74) is 0. The molecule has 2 heterocycles. The summed E-state index contributed by atoms with van der Waals surface area (Å²) >= 11 is 0. The third kappa shape index (κ3) is 5.43. The van der Waals surface area contributed by atoms with Gasteiger partial charge in [0, 0.05) is 44.2 Å². The van der Waals surface area contributed by atoms with Crippen LogP contribution < -0.4 is 5.32 Å². The van der Waals surface area contributed by atoms with Crippen molar-refractivity contribution >= 4 is 5.91 Å². The molecule has 3 rings (SSSR count). The summed E-state index contributed by atoms with van der Waals surface area (Å²) in [7, 11) is 0. The van der Waals surface area contributed by atoms with E-state index in [2.05, 4.69) is 29.0 Å². The van der Waals surface area contributed by atoms with E-state index >= 15 is 0 Å². The fraction of sp³-hybridized carbons (Fsp3) is 0.952. The van der Waals surface area contributed by atoms with Gasteiger partial charge in [-0.1, -0.05) is 19.3 Å². The predicted molar refractivity (Wildman–Crippen MR) is 104 cm³/mol. The van der Waals surface area contributed by atoms with E-state index in [-0.39, 0.29) is 6.04 Å². The van der Waals surface area contributed by atoms with Crippen LogP contribution in [0.3, 0.4) is 0 Å². The average Bonchev–Trinajstić information content (AvgIpc) is 2.82. The van der Waals surface area contributed by atoms with Crippen LogP contribution in [-0.2, 0) is 4.79 Å². The molecule has 0 aromatic heterocycles. The van der Waals surface area contributed by atoms with Gasteiger partial charge >= 0.3 is 0 Å². The molecule has 0 aromatic carbocycles. The molecule has 3 atom stereocenters. The summed E-state index contributed by atoms with van der Waals surface area (Å²) in [6, 6.07) is 1.66. The highest BCUT2D eigenvalue weighted by Gasteiger charge is 2.32. The van der Waals surface area contributed by atoms with E-state index in [9.17, 15) is 4.79 Å². The van der Waals surface area contributed by atoms with Gasteiger partial charge in [0.2, 0.25) is 5.91 Å². The number of amides is 1. The van der Waals surface area contributed by atoms with Gasteiger partial charge in [0.15, 0.2) is 0 Å². The van der Waals surface area contributed by atoms with Crippen molar-refractivity contribution in [2.24, 2.45) is 5.92 Å². The van der Waals surface area contributed by atoms with Crippen molar-refractivity contribution in [3.8, 4) is 0 Å². The molecule has 144 valence electrons. The van der Waals surface area contributed by atoms with Gasteiger partial charge in [0.05, 0.1) is 0 Å². The Kier molecular flexibility index (Phi) is 7.18. The zero-order valence-electron chi connectivity index (χ0n) is 16.5. The van der Waals surface area contributed by atoms with Gasteiger partial charge in [0.1, 0.15) is 0 Å². The smallest absolute Gasteiger partial charge is 0.224 e. The number of hydrogen-bond acceptors (Lipinski definition) is 3. The normalized spacial score (nSPS) is 28.9. The number of carbonyl (C=O) groups is 1. The fourth-order valence-corrected chi connectivity index (χ4v) is 4.89. The molecule has 0 aromatic rings. The van der Waals surface area contributed by atoms with Crippen LogP contribution in [0.2, 0.25) is 0 Å². The van der Waals surface area contributed by atoms with Gasteiger partial charge in [0.25, 0.3) is 0 Å². The van der Waals surface area contributed by atoms with E-state index in [4.69, 9.17) is 0 Å². The molecule has 0 unspecified atom stereocenters. The second-order valence-electron chi connectivity index (χ2n) is 8.84. The van der Waals surface area contributed by atoms with Crippen molar-refractivity contribution in [3.63, 3.8) is 0 Å². The first-order chi connectivity index (χ1) is 12.1. The molecule has 25 heavy (non-hydrogen) atoms. The first kappa shape index (κ1) is 19.2. The predicted octanol–water partition coefficient (Wildman–Crippen LogP) is 3.41. The lowest BCUT2D eigenvalue weighted by molar-refractivity contribution is -0.131. The van der Waals surface area contributed by atoms with Gasteiger partial charge in [-0.2, -0.15) is 0 Å². The first-order valence-electron chi connectivity index (χ1n) is 10.9. The van der Waals surface area contributed by atoms with E-state index in [1.165, 1.54) is 70.9 Å². The summed E-state index contributed by atoms with van der Waals surface area (Å²) < 4.78 is 0. The van der Waals surface area contributed by atoms with Crippen LogP contribution in [0, 0.1) is 5.92 Å². The van der Waals surface area contributed by atoms with Crippen LogP contribution in [0.15, 0.2) is 0 Å². The largest absolute Gasteiger partial charge is 0.343 e. The Morgan fingerprint density at radius 3 is 2.32 bits per heavy atom. The van der Waals surface area contributed by atoms with E-state index in [0.717, 1.165) is 25.0 Å². The standard InChI is InChI=1S/C21H39N3O/c1-17(15-21(25)23-12-5-3-4-6-13-23)22-18(2)19-9-8-14-24(16-19)20-10-7-11-20/h17-20,22H,3-16H2,1-2H3/t17-,18-,19-/m1/s1. The third-order valence-corrected chi connectivity index (χ3v) is 6.77. The molecule has 1 amide bonds. The number of nitrogens with zero attached hydrogens (tertiary/aromatic N) is 2. The Hall–Kier alpha value is -0.610. The molecule has 1 N–H and O–H groups in total. The minimum Gasteiger partial charge on any atom is -0.343 e. The van der Waals surface area contributed by atoms with Gasteiger partial charge in [-0.05, 0) is 64.8 Å². The Bertz CT molecular complexity index is 415. The second-order valence-corrected chi connectivity index (χ2v) is 8.84. The van der Waals surface area contributed by atoms with E-state index in [1.807, 2.05) is 0 Å². The Morgan fingerprint density at radius 1 is 0.960 bits per heavy atom. The zero-order valence-corrected chi connectivity index (χ0v) is 16.5. The second kappa shape index (κ2) is 9.36. The van der Waals surface area contributed by atoms with E-state index in [0.29, 0.717) is 18.4 Å². The van der Waals surface area contributed by atoms with E-state index < -0.39 is 0 Å². The molecule has 0 spiro atoms. The van der Waals surface area contributed by atoms with Gasteiger partial charge in [-0.15, -0.1) is 0 Å². The monoisotopic (exact) mass is 349 g/mol. The molecular weight excluding hydrogens is 310 g/mol. The maximum Gasteiger partial charge on any atom is 0.224 e. The number of rotatable bonds is 6. The molecule has 4 nitrogen and oxygen atoms in total. The maximum atomic E-state index is 12.6. The lowest BCUT2D eigenvalue weighted by Gasteiger charge is -2.44. The molecule has 4 heteroatoms. The fourth-order valence-electron chi connectivity index (χ4n) is 4.89. The number of carbonyl (C=O) groups excluding carboxylic acids is 1. The van der Waals surface area contributed by atoms with Crippen LogP contribution in [0.5, 0.6) is 0 Å². The van der Waals surface area contributed by atoms with Crippen molar-refractivity contribution < 1.29 is 4.79 Å². The van der Waals surface area contributed by atoms with Crippen molar-refractivity contribution in [1.29, 1.82) is 0 Å². The highest BCUT2D eigenvalue weighted by atomic mass is 16.2. The molecule has 3 aliphatic rings. The molecule has 1 saturated carbocycles. The maximum absolute atomic E-state index is 12.6. The van der Waals surface area contributed by atoms with Gasteiger partial charge in [-0.3, -0.25) is 4.79 Å². The molecule has 0 radical (unpaired) electrons. The third-order valence-electron chi connectivity index (χ3n) is 6.77. The quantitative estimate of drug-likeness (QED) is 0.798. The Balaban J connectivity index is 1.41. The molecule has 1 aliphatic carbocycles. The van der Waals surface area contributed by atoms with Crippen LogP contribution in [0.4, 0.5) is 0 Å². The SMILES string of the molecule is C[C@H](CC(=O)N1CCCCCC1)N[C@H](C)[C@@H]1CCCN(C2CCC2)C1. The summed E-state index contributed by atoms with van der Waals surface area (Å²) in [6.45, 7) is 9.03. The zero-order chi connectivity index (χ0) is 17.6. The average molecular weight is 350 g/mol. The van der Waals surface area contributed by atoms with Crippen LogP contribution in [-0.4, -0.2) is 60.0 Å². The number of likely N-dealkylation sites (tertiary alicyclic amines) is 2. The minimum atomic E-state index is 0.282. The Labute approximate surface area is 154 Å². The lowest BCUT2D eigenvalue weighted by Crippen LogP contribution is -2.51. The molecule has 2 aliphatic heterocycles. The summed E-state index contributed by atoms with van der Waals surface area (Å²) in [5.74, 6) is 1.10. The lowest BCUT2D eigenvalue weighted by atomic mass is 9.85. The molecule has 0 bridgehead atoms. The van der Waals surface area contributed by atoms with Crippen LogP contribution in [0.25, 0.3) is 0 Å². The van der Waals surface area contributed by atoms with Crippen molar-refractivity contribution in [2.45, 2.75) is 96.2 Å². The van der Waals surface area contributed by atoms with Gasteiger partial charge < -0.3 is 15.1 Å². The van der Waals surface area contributed by atoms with E-state index in [1.54, 1.807) is 0 Å². The van der Waals surface area contributed by atoms with Crippen molar-refractivity contribution in [3.05, 3.63) is 0 Å². The molecule has 3 fully saturated rings. The molecular formula is C21H39N3O. The van der Waals surface area contributed by atoms with Crippen LogP contribution in [0.1, 0.15) is 78.1 Å². The first-order valence-corrected chi connectivity index (χ1v) is 10.9. The highest BCUT2D eigenvalue weighted by Crippen LogP contribution is 2.30. The van der Waals surface area contributed by atoms with Crippen molar-refractivity contribution in [2.75, 3.05) is 26.2 Å². The summed E-state index contributed by atoms with van der Waals surface area (Å²) in [4.78, 5) is 17.4. The Morgan fingerprint density at radius 2 is 1.68 bits per heavy atom. The molecule has 2 saturated heterocycles. The highest BCUT2D eigenvalue weighted by molar-refractivity contribution is 5.76. The summed E-state index contributed by atoms with van der Waals surface area (Å²) in [6.07, 6.45) is 12.5. The van der Waals surface area contributed by atoms with Crippen LogP contribution >= 0.6 is 0 Å². The number of hydrogen-bond donors (Lipinski definition) is 1. The minimum absolute atomic E-state index is 0.282.